The molecule has 3 heterocycles. The van der Waals surface area contributed by atoms with Gasteiger partial charge in [0.05, 0.1) is 6.54 Å². The number of carbonyl (C=O) groups is 1. The number of carbonyl (C=O) groups excluding carboxylic acids is 1. The zero-order valence-electron chi connectivity index (χ0n) is 12.7. The van der Waals surface area contributed by atoms with Crippen LogP contribution in [0.4, 0.5) is 0 Å². The fraction of sp³-hybridized carbons (Fsp3) is 0.375. The van der Waals surface area contributed by atoms with Crippen molar-refractivity contribution in [2.45, 2.75) is 26.4 Å². The van der Waals surface area contributed by atoms with E-state index in [2.05, 4.69) is 15.0 Å². The van der Waals surface area contributed by atoms with Gasteiger partial charge in [-0.2, -0.15) is 0 Å². The molecule has 6 heteroatoms. The predicted octanol–water partition coefficient (Wildman–Crippen LogP) is 1.78. The number of rotatable bonds is 3. The second-order valence-corrected chi connectivity index (χ2v) is 5.43. The SMILES string of the molecule is Cc1cc(C)nc(O[C@H]2CCN(C(=O)c3ccccn3)C2)n1. The molecule has 1 fully saturated rings. The first-order valence-electron chi connectivity index (χ1n) is 7.31. The van der Waals surface area contributed by atoms with E-state index in [0.717, 1.165) is 17.8 Å². The van der Waals surface area contributed by atoms with Crippen LogP contribution in [0.15, 0.2) is 30.5 Å². The average molecular weight is 298 g/mol. The van der Waals surface area contributed by atoms with Gasteiger partial charge in [0.1, 0.15) is 11.8 Å². The van der Waals surface area contributed by atoms with Gasteiger partial charge in [-0.3, -0.25) is 9.78 Å². The summed E-state index contributed by atoms with van der Waals surface area (Å²) in [5.41, 5.74) is 2.22. The maximum absolute atomic E-state index is 12.3. The van der Waals surface area contributed by atoms with Gasteiger partial charge in [-0.05, 0) is 32.0 Å². The number of aromatic nitrogens is 3. The third kappa shape index (κ3) is 3.21. The van der Waals surface area contributed by atoms with Crippen molar-refractivity contribution in [1.82, 2.24) is 19.9 Å². The standard InChI is InChI=1S/C16H18N4O2/c1-11-9-12(2)19-16(18-11)22-13-6-8-20(10-13)15(21)14-5-3-4-7-17-14/h3-5,7,9,13H,6,8,10H2,1-2H3/t13-/m0/s1. The Morgan fingerprint density at radius 3 is 2.73 bits per heavy atom. The zero-order valence-corrected chi connectivity index (χ0v) is 12.7. The van der Waals surface area contributed by atoms with Crippen molar-refractivity contribution in [3.8, 4) is 6.01 Å². The van der Waals surface area contributed by atoms with E-state index in [-0.39, 0.29) is 12.0 Å². The topological polar surface area (TPSA) is 68.2 Å². The van der Waals surface area contributed by atoms with Gasteiger partial charge in [-0.25, -0.2) is 9.97 Å². The molecule has 22 heavy (non-hydrogen) atoms. The highest BCUT2D eigenvalue weighted by Gasteiger charge is 2.29. The summed E-state index contributed by atoms with van der Waals surface area (Å²) < 4.78 is 5.82. The molecule has 1 amide bonds. The lowest BCUT2D eigenvalue weighted by atomic mass is 10.3. The molecule has 2 aromatic rings. The molecule has 1 atom stereocenters. The van der Waals surface area contributed by atoms with E-state index >= 15 is 0 Å². The van der Waals surface area contributed by atoms with E-state index in [9.17, 15) is 4.79 Å². The number of aryl methyl sites for hydroxylation is 2. The predicted molar refractivity (Wildman–Crippen MR) is 80.7 cm³/mol. The molecule has 0 aliphatic carbocycles. The van der Waals surface area contributed by atoms with Crippen molar-refractivity contribution in [3.05, 3.63) is 47.5 Å². The number of likely N-dealkylation sites (tertiary alicyclic amines) is 1. The molecule has 0 bridgehead atoms. The summed E-state index contributed by atoms with van der Waals surface area (Å²) in [6, 6.07) is 7.62. The summed E-state index contributed by atoms with van der Waals surface area (Å²) in [5, 5.41) is 0. The van der Waals surface area contributed by atoms with Crippen molar-refractivity contribution in [1.29, 1.82) is 0 Å². The maximum Gasteiger partial charge on any atom is 0.317 e. The maximum atomic E-state index is 12.3. The van der Waals surface area contributed by atoms with Crippen molar-refractivity contribution in [3.63, 3.8) is 0 Å². The monoisotopic (exact) mass is 298 g/mol. The summed E-state index contributed by atoms with van der Waals surface area (Å²) >= 11 is 0. The Morgan fingerprint density at radius 2 is 2.05 bits per heavy atom. The van der Waals surface area contributed by atoms with E-state index in [1.165, 1.54) is 0 Å². The van der Waals surface area contributed by atoms with Crippen molar-refractivity contribution >= 4 is 5.91 Å². The molecule has 0 spiro atoms. The van der Waals surface area contributed by atoms with Crippen LogP contribution in [0.3, 0.4) is 0 Å². The van der Waals surface area contributed by atoms with Crippen LogP contribution in [0.2, 0.25) is 0 Å². The van der Waals surface area contributed by atoms with Crippen LogP contribution in [0.25, 0.3) is 0 Å². The van der Waals surface area contributed by atoms with Crippen LogP contribution >= 0.6 is 0 Å². The summed E-state index contributed by atoms with van der Waals surface area (Å²) in [5.74, 6) is -0.0620. The highest BCUT2D eigenvalue weighted by Crippen LogP contribution is 2.17. The van der Waals surface area contributed by atoms with Crippen LogP contribution in [0, 0.1) is 13.8 Å². The van der Waals surface area contributed by atoms with E-state index in [1.54, 1.807) is 23.2 Å². The van der Waals surface area contributed by atoms with E-state index in [4.69, 9.17) is 4.74 Å². The lowest BCUT2D eigenvalue weighted by molar-refractivity contribution is 0.0764. The zero-order chi connectivity index (χ0) is 15.5. The highest BCUT2D eigenvalue weighted by atomic mass is 16.5. The minimum absolute atomic E-state index is 0.0620. The molecule has 0 aromatic carbocycles. The Morgan fingerprint density at radius 1 is 1.27 bits per heavy atom. The number of hydrogen-bond donors (Lipinski definition) is 0. The molecule has 0 saturated carbocycles. The van der Waals surface area contributed by atoms with E-state index < -0.39 is 0 Å². The van der Waals surface area contributed by atoms with Crippen molar-refractivity contribution < 1.29 is 9.53 Å². The normalized spacial score (nSPS) is 17.5. The second-order valence-electron chi connectivity index (χ2n) is 5.43. The van der Waals surface area contributed by atoms with Crippen LogP contribution in [0.5, 0.6) is 6.01 Å². The Labute approximate surface area is 129 Å². The van der Waals surface area contributed by atoms with Gasteiger partial charge in [0.15, 0.2) is 0 Å². The average Bonchev–Trinajstić information content (AvgIpc) is 2.95. The Bertz CT molecular complexity index is 655. The fourth-order valence-corrected chi connectivity index (χ4v) is 2.56. The minimum atomic E-state index is -0.0751. The molecule has 1 aliphatic heterocycles. The Balaban J connectivity index is 1.64. The molecule has 0 unspecified atom stereocenters. The molecular weight excluding hydrogens is 280 g/mol. The molecule has 0 N–H and O–H groups in total. The summed E-state index contributed by atoms with van der Waals surface area (Å²) in [4.78, 5) is 26.7. The van der Waals surface area contributed by atoms with Gasteiger partial charge < -0.3 is 9.64 Å². The van der Waals surface area contributed by atoms with Gasteiger partial charge in [0, 0.05) is 30.6 Å². The van der Waals surface area contributed by atoms with Crippen LogP contribution in [-0.4, -0.2) is 45.0 Å². The smallest absolute Gasteiger partial charge is 0.317 e. The minimum Gasteiger partial charge on any atom is -0.458 e. The molecule has 0 radical (unpaired) electrons. The molecule has 3 rings (SSSR count). The van der Waals surface area contributed by atoms with Gasteiger partial charge in [0.2, 0.25) is 0 Å². The molecule has 2 aromatic heterocycles. The first-order valence-corrected chi connectivity index (χ1v) is 7.31. The van der Waals surface area contributed by atoms with Gasteiger partial charge in [-0.1, -0.05) is 6.07 Å². The van der Waals surface area contributed by atoms with Crippen molar-refractivity contribution in [2.24, 2.45) is 0 Å². The molecule has 114 valence electrons. The highest BCUT2D eigenvalue weighted by molar-refractivity contribution is 5.92. The second kappa shape index (κ2) is 6.09. The lowest BCUT2D eigenvalue weighted by Crippen LogP contribution is -2.31. The summed E-state index contributed by atoms with van der Waals surface area (Å²) in [7, 11) is 0. The van der Waals surface area contributed by atoms with Crippen LogP contribution < -0.4 is 4.74 Å². The van der Waals surface area contributed by atoms with E-state index in [1.807, 2.05) is 26.0 Å². The number of ether oxygens (including phenoxy) is 1. The largest absolute Gasteiger partial charge is 0.458 e. The molecule has 1 aliphatic rings. The number of nitrogens with zero attached hydrogens (tertiary/aromatic N) is 4. The first-order chi connectivity index (χ1) is 10.6. The van der Waals surface area contributed by atoms with Gasteiger partial charge in [0.25, 0.3) is 5.91 Å². The molecule has 1 saturated heterocycles. The molecular formula is C16H18N4O2. The number of hydrogen-bond acceptors (Lipinski definition) is 5. The Kier molecular flexibility index (Phi) is 4.00. The van der Waals surface area contributed by atoms with Gasteiger partial charge >= 0.3 is 6.01 Å². The first kappa shape index (κ1) is 14.4. The van der Waals surface area contributed by atoms with Crippen LogP contribution in [0.1, 0.15) is 28.3 Å². The quantitative estimate of drug-likeness (QED) is 0.864. The summed E-state index contributed by atoms with van der Waals surface area (Å²) in [6.45, 7) is 5.01. The fourth-order valence-electron chi connectivity index (χ4n) is 2.56. The Hall–Kier alpha value is -2.50. The van der Waals surface area contributed by atoms with Crippen molar-refractivity contribution in [2.75, 3.05) is 13.1 Å². The molecule has 6 nitrogen and oxygen atoms in total. The number of amides is 1. The third-order valence-corrected chi connectivity index (χ3v) is 3.55. The number of pyridine rings is 1. The van der Waals surface area contributed by atoms with Gasteiger partial charge in [-0.15, -0.1) is 0 Å². The van der Waals surface area contributed by atoms with Crippen LogP contribution in [-0.2, 0) is 0 Å². The van der Waals surface area contributed by atoms with E-state index in [0.29, 0.717) is 24.8 Å². The summed E-state index contributed by atoms with van der Waals surface area (Å²) in [6.07, 6.45) is 2.32. The lowest BCUT2D eigenvalue weighted by Gasteiger charge is -2.16. The third-order valence-electron chi connectivity index (χ3n) is 3.55.